The van der Waals surface area contributed by atoms with Gasteiger partial charge < -0.3 is 28.7 Å². The van der Waals surface area contributed by atoms with Gasteiger partial charge in [-0.3, -0.25) is 9.59 Å². The van der Waals surface area contributed by atoms with Gasteiger partial charge in [-0.05, 0) is 90.6 Å². The van der Waals surface area contributed by atoms with E-state index < -0.39 is 0 Å². The van der Waals surface area contributed by atoms with Crippen LogP contribution in [0.4, 0.5) is 0 Å². The van der Waals surface area contributed by atoms with Crippen molar-refractivity contribution >= 4 is 11.8 Å². The predicted molar refractivity (Wildman–Crippen MR) is 193 cm³/mol. The molecule has 258 valence electrons. The van der Waals surface area contributed by atoms with Gasteiger partial charge in [-0.2, -0.15) is 0 Å². The number of amides is 2. The van der Waals surface area contributed by atoms with E-state index in [1.165, 1.54) is 0 Å². The van der Waals surface area contributed by atoms with Gasteiger partial charge in [0.05, 0.1) is 28.4 Å². The van der Waals surface area contributed by atoms with Crippen LogP contribution in [0.25, 0.3) is 0 Å². The van der Waals surface area contributed by atoms with E-state index in [0.717, 1.165) is 45.3 Å². The molecule has 0 aliphatic heterocycles. The third kappa shape index (κ3) is 13.0. The van der Waals surface area contributed by atoms with Crippen LogP contribution < -0.4 is 18.9 Å². The van der Waals surface area contributed by atoms with Crippen molar-refractivity contribution in [3.05, 3.63) is 119 Å². The fourth-order valence-electron chi connectivity index (χ4n) is 5.30. The molecule has 4 aromatic rings. The minimum absolute atomic E-state index is 0.0303. The number of rotatable bonds is 17. The summed E-state index contributed by atoms with van der Waals surface area (Å²) >= 11 is 0. The summed E-state index contributed by atoms with van der Waals surface area (Å²) in [5, 5.41) is 0. The molecule has 0 heterocycles. The van der Waals surface area contributed by atoms with E-state index in [1.807, 2.05) is 107 Å². The Labute approximate surface area is 291 Å². The van der Waals surface area contributed by atoms with Crippen LogP contribution >= 0.6 is 0 Å². The number of methoxy groups -OCH3 is 4. The summed E-state index contributed by atoms with van der Waals surface area (Å²) in [6.07, 6.45) is 6.48. The molecule has 0 spiro atoms. The number of carbonyl (C=O) groups is 2. The summed E-state index contributed by atoms with van der Waals surface area (Å²) in [5.41, 5.74) is 3.93. The fraction of sp³-hybridized carbons (Fsp3) is 0.317. The van der Waals surface area contributed by atoms with Crippen molar-refractivity contribution in [1.29, 1.82) is 0 Å². The number of hydrogen-bond donors (Lipinski definition) is 0. The molecule has 0 saturated heterocycles. The molecular formula is C41H48N2O6. The lowest BCUT2D eigenvalue weighted by Gasteiger charge is -2.25. The number of terminal acetylenes is 1. The van der Waals surface area contributed by atoms with Crippen molar-refractivity contribution in [3.63, 3.8) is 0 Å². The highest BCUT2D eigenvalue weighted by atomic mass is 16.5. The van der Waals surface area contributed by atoms with E-state index in [1.54, 1.807) is 35.4 Å². The Morgan fingerprint density at radius 1 is 0.531 bits per heavy atom. The lowest BCUT2D eigenvalue weighted by molar-refractivity contribution is -0.134. The lowest BCUT2D eigenvalue weighted by atomic mass is 10.1. The van der Waals surface area contributed by atoms with Gasteiger partial charge >= 0.3 is 0 Å². The van der Waals surface area contributed by atoms with Gasteiger partial charge in [0, 0.05) is 39.0 Å². The summed E-state index contributed by atoms with van der Waals surface area (Å²) in [4.78, 5) is 30.9. The van der Waals surface area contributed by atoms with Gasteiger partial charge in [-0.15, -0.1) is 12.3 Å². The highest BCUT2D eigenvalue weighted by molar-refractivity contribution is 5.77. The first-order valence-electron chi connectivity index (χ1n) is 16.3. The van der Waals surface area contributed by atoms with E-state index in [0.29, 0.717) is 51.9 Å². The number of carbonyl (C=O) groups excluding carboxylic acids is 2. The van der Waals surface area contributed by atoms with Gasteiger partial charge in [-0.1, -0.05) is 48.5 Å². The lowest BCUT2D eigenvalue weighted by Crippen LogP contribution is -2.31. The molecule has 8 nitrogen and oxygen atoms in total. The van der Waals surface area contributed by atoms with Gasteiger partial charge in [0.1, 0.15) is 23.0 Å². The monoisotopic (exact) mass is 664 g/mol. The second-order valence-corrected chi connectivity index (χ2v) is 11.4. The predicted octanol–water partition coefficient (Wildman–Crippen LogP) is 7.68. The van der Waals surface area contributed by atoms with Crippen molar-refractivity contribution < 1.29 is 28.5 Å². The number of hydrogen-bond acceptors (Lipinski definition) is 6. The van der Waals surface area contributed by atoms with Crippen molar-refractivity contribution in [2.45, 2.75) is 58.8 Å². The van der Waals surface area contributed by atoms with Gasteiger partial charge in [0.25, 0.3) is 0 Å². The van der Waals surface area contributed by atoms with Crippen LogP contribution in [-0.4, -0.2) is 50.1 Å². The fourth-order valence-corrected chi connectivity index (χ4v) is 5.30. The minimum Gasteiger partial charge on any atom is -0.497 e. The smallest absolute Gasteiger partial charge is 0.223 e. The zero-order valence-corrected chi connectivity index (χ0v) is 29.3. The van der Waals surface area contributed by atoms with Gasteiger partial charge in [-0.25, -0.2) is 0 Å². The van der Waals surface area contributed by atoms with Crippen LogP contribution in [0.3, 0.4) is 0 Å². The van der Waals surface area contributed by atoms with Crippen molar-refractivity contribution in [2.24, 2.45) is 0 Å². The molecular weight excluding hydrogens is 616 g/mol. The Bertz CT molecular complexity index is 1450. The van der Waals surface area contributed by atoms with Gasteiger partial charge in [0.2, 0.25) is 11.8 Å². The van der Waals surface area contributed by atoms with Crippen molar-refractivity contribution in [2.75, 3.05) is 28.4 Å². The van der Waals surface area contributed by atoms with Crippen molar-refractivity contribution in [1.82, 2.24) is 9.80 Å². The summed E-state index contributed by atoms with van der Waals surface area (Å²) in [5.74, 6) is 5.30. The molecule has 4 aromatic carbocycles. The Hall–Kier alpha value is -5.42. The molecule has 0 aliphatic rings. The Morgan fingerprint density at radius 2 is 0.776 bits per heavy atom. The molecule has 4 rings (SSSR count). The third-order valence-corrected chi connectivity index (χ3v) is 7.77. The molecule has 0 aliphatic carbocycles. The molecule has 0 saturated carbocycles. The SMILES string of the molecule is C#CC.COc1cccc(CN(Cc2cccc(OC)c2)C(=O)CCCCC(=O)N(Cc2cccc(OC)c2)Cc2cccc(OC)c2)c1. The molecule has 2 amide bonds. The first-order chi connectivity index (χ1) is 23.8. The van der Waals surface area contributed by atoms with Crippen LogP contribution in [0.1, 0.15) is 54.9 Å². The molecule has 49 heavy (non-hydrogen) atoms. The standard InChI is InChI=1S/C38H44N2O6.C3H4/c1-43-33-15-7-11-29(21-33)25-39(26-30-12-8-16-34(22-30)44-2)37(41)19-5-6-20-38(42)40(27-31-13-9-17-35(23-31)45-3)28-32-14-10-18-36(24-32)46-4;1-3-2/h7-18,21-24H,5-6,19-20,25-28H2,1-4H3;1H,2H3. The number of nitrogens with zero attached hydrogens (tertiary/aromatic N) is 2. The second-order valence-electron chi connectivity index (χ2n) is 11.4. The van der Waals surface area contributed by atoms with Gasteiger partial charge in [0.15, 0.2) is 0 Å². The van der Waals surface area contributed by atoms with Crippen LogP contribution in [0.15, 0.2) is 97.1 Å². The molecule has 0 bridgehead atoms. The summed E-state index contributed by atoms with van der Waals surface area (Å²) in [6.45, 7) is 3.43. The maximum absolute atomic E-state index is 13.6. The minimum atomic E-state index is 0.0303. The zero-order valence-electron chi connectivity index (χ0n) is 29.3. The molecule has 0 radical (unpaired) electrons. The number of unbranched alkanes of at least 4 members (excludes halogenated alkanes) is 1. The quantitative estimate of drug-likeness (QED) is 0.0852. The van der Waals surface area contributed by atoms with E-state index in [2.05, 4.69) is 12.3 Å². The molecule has 0 aromatic heterocycles. The molecule has 0 fully saturated rings. The molecule has 0 atom stereocenters. The van der Waals surface area contributed by atoms with Crippen molar-refractivity contribution in [3.8, 4) is 35.3 Å². The van der Waals surface area contributed by atoms with Crippen LogP contribution in [-0.2, 0) is 35.8 Å². The number of ether oxygens (including phenoxy) is 4. The van der Waals surface area contributed by atoms with E-state index in [9.17, 15) is 9.59 Å². The summed E-state index contributed by atoms with van der Waals surface area (Å²) < 4.78 is 21.6. The third-order valence-electron chi connectivity index (χ3n) is 7.77. The average Bonchev–Trinajstić information content (AvgIpc) is 3.13. The van der Waals surface area contributed by atoms with Crippen LogP contribution in [0, 0.1) is 12.3 Å². The largest absolute Gasteiger partial charge is 0.497 e. The molecule has 0 N–H and O–H groups in total. The Balaban J connectivity index is 0.00000209. The normalized spacial score (nSPS) is 10.1. The first-order valence-corrected chi connectivity index (χ1v) is 16.3. The Kier molecular flexibility index (Phi) is 16.1. The van der Waals surface area contributed by atoms with E-state index in [4.69, 9.17) is 18.9 Å². The maximum atomic E-state index is 13.6. The number of benzene rings is 4. The topological polar surface area (TPSA) is 77.5 Å². The van der Waals surface area contributed by atoms with E-state index in [-0.39, 0.29) is 11.8 Å². The highest BCUT2D eigenvalue weighted by Gasteiger charge is 2.18. The zero-order chi connectivity index (χ0) is 35.4. The second kappa shape index (κ2) is 20.7. The maximum Gasteiger partial charge on any atom is 0.223 e. The van der Waals surface area contributed by atoms with Crippen LogP contribution in [0.2, 0.25) is 0 Å². The van der Waals surface area contributed by atoms with Crippen LogP contribution in [0.5, 0.6) is 23.0 Å². The molecule has 8 heteroatoms. The Morgan fingerprint density at radius 3 is 1.00 bits per heavy atom. The van der Waals surface area contributed by atoms with E-state index >= 15 is 0 Å². The summed E-state index contributed by atoms with van der Waals surface area (Å²) in [7, 11) is 6.53. The average molecular weight is 665 g/mol. The highest BCUT2D eigenvalue weighted by Crippen LogP contribution is 2.22. The molecule has 0 unspecified atom stereocenters. The first kappa shape index (κ1) is 38.0. The summed E-state index contributed by atoms with van der Waals surface area (Å²) in [6, 6.07) is 31.0.